The molecule has 0 radical (unpaired) electrons. The third-order valence-electron chi connectivity index (χ3n) is 5.82. The Balaban J connectivity index is 1.44. The lowest BCUT2D eigenvalue weighted by atomic mass is 10.1. The van der Waals surface area contributed by atoms with Crippen LogP contribution in [0.4, 0.5) is 0 Å². The van der Waals surface area contributed by atoms with E-state index in [1.807, 2.05) is 24.3 Å². The predicted octanol–water partition coefficient (Wildman–Crippen LogP) is 10.1. The molecule has 0 aliphatic heterocycles. The summed E-state index contributed by atoms with van der Waals surface area (Å²) < 4.78 is 0. The quantitative estimate of drug-likeness (QED) is 0.223. The van der Waals surface area contributed by atoms with Gasteiger partial charge in [-0.2, -0.15) is 0 Å². The zero-order valence-corrected chi connectivity index (χ0v) is 21.0. The molecule has 34 heavy (non-hydrogen) atoms. The van der Waals surface area contributed by atoms with Crippen LogP contribution < -0.4 is 0 Å². The maximum Gasteiger partial charge on any atom is 0.0923 e. The van der Waals surface area contributed by atoms with Crippen LogP contribution in [-0.4, -0.2) is 9.97 Å². The van der Waals surface area contributed by atoms with E-state index in [0.29, 0.717) is 0 Å². The summed E-state index contributed by atoms with van der Waals surface area (Å²) in [6.45, 7) is 0. The van der Waals surface area contributed by atoms with E-state index in [9.17, 15) is 0 Å². The van der Waals surface area contributed by atoms with Gasteiger partial charge in [-0.1, -0.05) is 83.9 Å². The average molecular weight is 518 g/mol. The maximum absolute atomic E-state index is 6.17. The van der Waals surface area contributed by atoms with E-state index in [1.54, 1.807) is 21.6 Å². The molecule has 4 aromatic carbocycles. The van der Waals surface area contributed by atoms with E-state index in [2.05, 4.69) is 82.8 Å². The van der Waals surface area contributed by atoms with Crippen molar-refractivity contribution in [2.75, 3.05) is 0 Å². The summed E-state index contributed by atoms with van der Waals surface area (Å²) in [7, 11) is 3.45. The number of halogens is 2. The molecule has 2 aromatic heterocycles. The second-order valence-electron chi connectivity index (χ2n) is 7.93. The highest BCUT2D eigenvalue weighted by Gasteiger charge is 2.18. The molecule has 0 atom stereocenters. The first kappa shape index (κ1) is 21.8. The highest BCUT2D eigenvalue weighted by atomic mass is 35.5. The minimum Gasteiger partial charge on any atom is -0.349 e. The second kappa shape index (κ2) is 9.12. The fraction of sp³-hybridized carbons (Fsp3) is 0. The zero-order valence-electron chi connectivity index (χ0n) is 17.8. The lowest BCUT2D eigenvalue weighted by Gasteiger charge is -2.07. The highest BCUT2D eigenvalue weighted by molar-refractivity contribution is 8.76. The minimum absolute atomic E-state index is 0.734. The molecule has 2 nitrogen and oxygen atoms in total. The molecule has 166 valence electrons. The standard InChI is InChI=1S/C28H18Cl2N2S2/c29-19-13-9-17(10-14-19)25-21-5-1-3-7-23(21)31-27(25)33-34-28-26(18-11-15-20(30)16-12-18)22-6-2-4-8-24(22)32-28/h1-16,31-32H. The Hall–Kier alpha value is -2.76. The molecule has 0 amide bonds. The van der Waals surface area contributed by atoms with Crippen molar-refractivity contribution >= 4 is 66.6 Å². The van der Waals surface area contributed by atoms with E-state index in [0.717, 1.165) is 42.3 Å². The van der Waals surface area contributed by atoms with Gasteiger partial charge in [-0.3, -0.25) is 0 Å². The lowest BCUT2D eigenvalue weighted by molar-refractivity contribution is 1.24. The molecule has 6 rings (SSSR count). The summed E-state index contributed by atoms with van der Waals surface area (Å²) in [4.78, 5) is 7.25. The first-order valence-electron chi connectivity index (χ1n) is 10.8. The number of fused-ring (bicyclic) bond motifs is 2. The number of benzene rings is 4. The SMILES string of the molecule is Clc1ccc(-c2c(SSc3[nH]c4ccccc4c3-c3ccc(Cl)cc3)[nH]c3ccccc23)cc1. The van der Waals surface area contributed by atoms with Crippen molar-refractivity contribution in [3.8, 4) is 22.3 Å². The van der Waals surface area contributed by atoms with Crippen molar-refractivity contribution in [3.63, 3.8) is 0 Å². The van der Waals surface area contributed by atoms with Gasteiger partial charge in [0.1, 0.15) is 0 Å². The van der Waals surface area contributed by atoms with Crippen LogP contribution in [-0.2, 0) is 0 Å². The fourth-order valence-electron chi connectivity index (χ4n) is 4.25. The number of hydrogen-bond acceptors (Lipinski definition) is 2. The van der Waals surface area contributed by atoms with Gasteiger partial charge in [-0.15, -0.1) is 0 Å². The van der Waals surface area contributed by atoms with Gasteiger partial charge in [-0.05, 0) is 69.1 Å². The lowest BCUT2D eigenvalue weighted by Crippen LogP contribution is -1.80. The number of H-pyrrole nitrogens is 2. The van der Waals surface area contributed by atoms with Crippen molar-refractivity contribution in [3.05, 3.63) is 107 Å². The summed E-state index contributed by atoms with van der Waals surface area (Å²) in [6.07, 6.45) is 0. The summed E-state index contributed by atoms with van der Waals surface area (Å²) in [5.74, 6) is 0. The summed E-state index contributed by atoms with van der Waals surface area (Å²) in [6, 6.07) is 32.9. The summed E-state index contributed by atoms with van der Waals surface area (Å²) in [5, 5.41) is 6.07. The number of aromatic amines is 2. The summed E-state index contributed by atoms with van der Waals surface area (Å²) >= 11 is 12.3. The summed E-state index contributed by atoms with van der Waals surface area (Å²) in [5.41, 5.74) is 6.89. The third kappa shape index (κ3) is 4.01. The van der Waals surface area contributed by atoms with Crippen LogP contribution in [0.5, 0.6) is 0 Å². The monoisotopic (exact) mass is 516 g/mol. The Morgan fingerprint density at radius 3 is 1.26 bits per heavy atom. The number of rotatable bonds is 5. The Kier molecular flexibility index (Phi) is 5.84. The van der Waals surface area contributed by atoms with Crippen LogP contribution in [0.15, 0.2) is 107 Å². The van der Waals surface area contributed by atoms with Crippen molar-refractivity contribution < 1.29 is 0 Å². The van der Waals surface area contributed by atoms with E-state index in [-0.39, 0.29) is 0 Å². The molecule has 0 bridgehead atoms. The molecule has 6 heteroatoms. The van der Waals surface area contributed by atoms with Gasteiger partial charge in [0.15, 0.2) is 0 Å². The van der Waals surface area contributed by atoms with Crippen LogP contribution >= 0.6 is 44.8 Å². The van der Waals surface area contributed by atoms with Crippen molar-refractivity contribution in [1.29, 1.82) is 0 Å². The molecule has 2 N–H and O–H groups in total. The third-order valence-corrected chi connectivity index (χ3v) is 8.60. The first-order valence-corrected chi connectivity index (χ1v) is 13.7. The van der Waals surface area contributed by atoms with Gasteiger partial charge in [-0.25, -0.2) is 0 Å². The van der Waals surface area contributed by atoms with Crippen molar-refractivity contribution in [2.45, 2.75) is 10.1 Å². The van der Waals surface area contributed by atoms with Gasteiger partial charge in [0.25, 0.3) is 0 Å². The first-order chi connectivity index (χ1) is 16.7. The van der Waals surface area contributed by atoms with Gasteiger partial charge in [0.2, 0.25) is 0 Å². The second-order valence-corrected chi connectivity index (χ2v) is 11.0. The Morgan fingerprint density at radius 2 is 0.853 bits per heavy atom. The van der Waals surface area contributed by atoms with Crippen LogP contribution in [0.3, 0.4) is 0 Å². The number of nitrogens with one attached hydrogen (secondary N) is 2. The molecule has 6 aromatic rings. The van der Waals surface area contributed by atoms with E-state index in [4.69, 9.17) is 23.2 Å². The maximum atomic E-state index is 6.17. The average Bonchev–Trinajstić information content (AvgIpc) is 3.42. The molecule has 0 fully saturated rings. The Labute approximate surface area is 215 Å². The Bertz CT molecular complexity index is 1490. The Morgan fingerprint density at radius 1 is 0.471 bits per heavy atom. The van der Waals surface area contributed by atoms with Crippen molar-refractivity contribution in [2.24, 2.45) is 0 Å². The molecule has 0 spiro atoms. The van der Waals surface area contributed by atoms with Crippen LogP contribution in [0, 0.1) is 0 Å². The molecule has 0 saturated heterocycles. The van der Waals surface area contributed by atoms with E-state index in [1.165, 1.54) is 21.9 Å². The van der Waals surface area contributed by atoms with Gasteiger partial charge in [0.05, 0.1) is 10.1 Å². The zero-order chi connectivity index (χ0) is 23.1. The number of aromatic nitrogens is 2. The highest BCUT2D eigenvalue weighted by Crippen LogP contribution is 2.48. The number of para-hydroxylation sites is 2. The normalized spacial score (nSPS) is 11.5. The molecule has 0 unspecified atom stereocenters. The van der Waals surface area contributed by atoms with Crippen molar-refractivity contribution in [1.82, 2.24) is 9.97 Å². The molecule has 0 aliphatic rings. The van der Waals surface area contributed by atoms with E-state index >= 15 is 0 Å². The molecular weight excluding hydrogens is 499 g/mol. The number of hydrogen-bond donors (Lipinski definition) is 2. The van der Waals surface area contributed by atoms with Crippen LogP contribution in [0.25, 0.3) is 44.1 Å². The predicted molar refractivity (Wildman–Crippen MR) is 149 cm³/mol. The fourth-order valence-corrected chi connectivity index (χ4v) is 6.84. The van der Waals surface area contributed by atoms with Crippen LogP contribution in [0.1, 0.15) is 0 Å². The topological polar surface area (TPSA) is 31.6 Å². The molecular formula is C28H18Cl2N2S2. The van der Waals surface area contributed by atoms with Gasteiger partial charge < -0.3 is 9.97 Å². The molecule has 2 heterocycles. The van der Waals surface area contributed by atoms with Gasteiger partial charge in [0, 0.05) is 43.0 Å². The minimum atomic E-state index is 0.734. The largest absolute Gasteiger partial charge is 0.349 e. The smallest absolute Gasteiger partial charge is 0.0923 e. The van der Waals surface area contributed by atoms with E-state index < -0.39 is 0 Å². The molecule has 0 saturated carbocycles. The molecule has 0 aliphatic carbocycles. The van der Waals surface area contributed by atoms with Crippen LogP contribution in [0.2, 0.25) is 10.0 Å². The van der Waals surface area contributed by atoms with Gasteiger partial charge >= 0.3 is 0 Å².